The second-order valence-corrected chi connectivity index (χ2v) is 8.22. The van der Waals surface area contributed by atoms with E-state index >= 15 is 0 Å². The van der Waals surface area contributed by atoms with Crippen LogP contribution in [0.5, 0.6) is 0 Å². The molecule has 1 saturated carbocycles. The third-order valence-electron chi connectivity index (χ3n) is 6.36. The molecule has 0 aromatic carbocycles. The Morgan fingerprint density at radius 3 is 2.48 bits per heavy atom. The van der Waals surface area contributed by atoms with Gasteiger partial charge < -0.3 is 20.5 Å². The molecule has 3 heterocycles. The van der Waals surface area contributed by atoms with Gasteiger partial charge in [-0.3, -0.25) is 19.1 Å². The van der Waals surface area contributed by atoms with Crippen LogP contribution in [-0.4, -0.2) is 50.9 Å². The number of carbonyl (C=O) groups is 3. The Kier molecular flexibility index (Phi) is 5.58. The number of carboxylic acids is 1. The standard InChI is InChI=1S/C20H28N4O5/c1-2-24-10-12(17(23-24)19(26)21-11-6-4-3-5-7-11)22-18(25)15-13-8-9-14(29-13)16(15)20(27)28/h10-11,13-16H,2-9H2,1H3,(H,21,26)(H,22,25)(H,27,28)/t13-,14+,15+,16+/m1/s1. The van der Waals surface area contributed by atoms with Gasteiger partial charge in [0.1, 0.15) is 0 Å². The summed E-state index contributed by atoms with van der Waals surface area (Å²) < 4.78 is 7.28. The number of fused-ring (bicyclic) bond motifs is 2. The topological polar surface area (TPSA) is 123 Å². The Morgan fingerprint density at radius 1 is 1.14 bits per heavy atom. The number of carbonyl (C=O) groups excluding carboxylic acids is 2. The first kappa shape index (κ1) is 19.9. The molecule has 9 heteroatoms. The van der Waals surface area contributed by atoms with Gasteiger partial charge in [0.15, 0.2) is 5.69 Å². The zero-order chi connectivity index (χ0) is 20.5. The van der Waals surface area contributed by atoms with Gasteiger partial charge >= 0.3 is 5.97 Å². The van der Waals surface area contributed by atoms with Crippen LogP contribution in [0.3, 0.4) is 0 Å². The summed E-state index contributed by atoms with van der Waals surface area (Å²) in [7, 11) is 0. The van der Waals surface area contributed by atoms with Gasteiger partial charge in [-0.05, 0) is 32.6 Å². The van der Waals surface area contributed by atoms with E-state index in [1.165, 1.54) is 6.42 Å². The predicted molar refractivity (Wildman–Crippen MR) is 103 cm³/mol. The van der Waals surface area contributed by atoms with Crippen molar-refractivity contribution in [2.24, 2.45) is 11.8 Å². The Labute approximate surface area is 169 Å². The molecular formula is C20H28N4O5. The highest BCUT2D eigenvalue weighted by Gasteiger charge is 2.55. The minimum Gasteiger partial charge on any atom is -0.481 e. The molecule has 2 bridgehead atoms. The second-order valence-electron chi connectivity index (χ2n) is 8.22. The third-order valence-corrected chi connectivity index (χ3v) is 6.36. The van der Waals surface area contributed by atoms with Gasteiger partial charge in [-0.15, -0.1) is 0 Å². The van der Waals surface area contributed by atoms with Crippen LogP contribution in [0.4, 0.5) is 5.69 Å². The number of rotatable bonds is 6. The molecule has 29 heavy (non-hydrogen) atoms. The molecule has 4 atom stereocenters. The number of anilines is 1. The first-order valence-corrected chi connectivity index (χ1v) is 10.6. The van der Waals surface area contributed by atoms with Crippen molar-refractivity contribution >= 4 is 23.5 Å². The lowest BCUT2D eigenvalue weighted by Gasteiger charge is -2.24. The molecule has 9 nitrogen and oxygen atoms in total. The Hall–Kier alpha value is -2.42. The molecule has 3 aliphatic rings. The molecule has 158 valence electrons. The molecule has 1 aromatic rings. The lowest BCUT2D eigenvalue weighted by Crippen LogP contribution is -2.41. The van der Waals surface area contributed by atoms with Gasteiger partial charge in [0.2, 0.25) is 5.91 Å². The van der Waals surface area contributed by atoms with E-state index < -0.39 is 29.8 Å². The number of nitrogens with zero attached hydrogens (tertiary/aromatic N) is 2. The van der Waals surface area contributed by atoms with Gasteiger partial charge in [0, 0.05) is 18.8 Å². The highest BCUT2D eigenvalue weighted by Crippen LogP contribution is 2.44. The molecule has 0 unspecified atom stereocenters. The Bertz CT molecular complexity index is 801. The fourth-order valence-corrected chi connectivity index (χ4v) is 4.88. The van der Waals surface area contributed by atoms with Gasteiger partial charge in [-0.1, -0.05) is 19.3 Å². The molecule has 1 aromatic heterocycles. The number of aryl methyl sites for hydroxylation is 1. The molecule has 2 amide bonds. The monoisotopic (exact) mass is 404 g/mol. The lowest BCUT2D eigenvalue weighted by molar-refractivity contribution is -0.147. The summed E-state index contributed by atoms with van der Waals surface area (Å²) in [6, 6.07) is 0.127. The first-order chi connectivity index (χ1) is 14.0. The number of aromatic nitrogens is 2. The average molecular weight is 404 g/mol. The van der Waals surface area contributed by atoms with E-state index in [1.807, 2.05) is 6.92 Å². The van der Waals surface area contributed by atoms with Crippen molar-refractivity contribution in [1.82, 2.24) is 15.1 Å². The Balaban J connectivity index is 1.50. The summed E-state index contributed by atoms with van der Waals surface area (Å²) in [5.74, 6) is -3.36. The lowest BCUT2D eigenvalue weighted by atomic mass is 9.78. The van der Waals surface area contributed by atoms with Crippen LogP contribution in [0.2, 0.25) is 0 Å². The molecule has 0 radical (unpaired) electrons. The maximum Gasteiger partial charge on any atom is 0.310 e. The maximum absolute atomic E-state index is 13.0. The fourth-order valence-electron chi connectivity index (χ4n) is 4.88. The second kappa shape index (κ2) is 8.14. The van der Waals surface area contributed by atoms with Gasteiger partial charge in [0.05, 0.1) is 29.7 Å². The highest BCUT2D eigenvalue weighted by molar-refractivity contribution is 6.03. The van der Waals surface area contributed by atoms with Crippen molar-refractivity contribution in [3.63, 3.8) is 0 Å². The summed E-state index contributed by atoms with van der Waals surface area (Å²) in [5.41, 5.74) is 0.485. The first-order valence-electron chi connectivity index (χ1n) is 10.6. The minimum atomic E-state index is -1.02. The number of aliphatic carboxylic acids is 1. The molecule has 3 fully saturated rings. The van der Waals surface area contributed by atoms with E-state index in [0.29, 0.717) is 25.1 Å². The predicted octanol–water partition coefficient (Wildman–Crippen LogP) is 1.78. The van der Waals surface area contributed by atoms with E-state index in [0.717, 1.165) is 25.7 Å². The number of amides is 2. The van der Waals surface area contributed by atoms with Crippen LogP contribution in [0.1, 0.15) is 62.4 Å². The normalized spacial score (nSPS) is 29.0. The summed E-state index contributed by atoms with van der Waals surface area (Å²) in [6.07, 6.45) is 7.44. The van der Waals surface area contributed by atoms with E-state index in [2.05, 4.69) is 15.7 Å². The van der Waals surface area contributed by atoms with Crippen LogP contribution in [0, 0.1) is 11.8 Å². The molecule has 4 rings (SSSR count). The van der Waals surface area contributed by atoms with E-state index in [1.54, 1.807) is 10.9 Å². The van der Waals surface area contributed by atoms with Crippen molar-refractivity contribution in [3.05, 3.63) is 11.9 Å². The van der Waals surface area contributed by atoms with Crippen LogP contribution < -0.4 is 10.6 Å². The highest BCUT2D eigenvalue weighted by atomic mass is 16.5. The average Bonchev–Trinajstić information content (AvgIpc) is 3.42. The van der Waals surface area contributed by atoms with Crippen molar-refractivity contribution in [3.8, 4) is 0 Å². The summed E-state index contributed by atoms with van der Waals surface area (Å²) in [4.78, 5) is 37.4. The number of nitrogens with one attached hydrogen (secondary N) is 2. The van der Waals surface area contributed by atoms with Crippen molar-refractivity contribution < 1.29 is 24.2 Å². The number of hydrogen-bond acceptors (Lipinski definition) is 5. The van der Waals surface area contributed by atoms with Crippen LogP contribution in [-0.2, 0) is 20.9 Å². The van der Waals surface area contributed by atoms with Gasteiger partial charge in [-0.25, -0.2) is 0 Å². The van der Waals surface area contributed by atoms with Gasteiger partial charge in [0.25, 0.3) is 5.91 Å². The van der Waals surface area contributed by atoms with Gasteiger partial charge in [-0.2, -0.15) is 5.10 Å². The number of carboxylic acid groups (broad SMARTS) is 1. The van der Waals surface area contributed by atoms with Crippen molar-refractivity contribution in [2.75, 3.05) is 5.32 Å². The summed E-state index contributed by atoms with van der Waals surface area (Å²) in [6.45, 7) is 2.44. The minimum absolute atomic E-state index is 0.127. The Morgan fingerprint density at radius 2 is 1.83 bits per heavy atom. The summed E-state index contributed by atoms with van der Waals surface area (Å²) in [5, 5.41) is 19.7. The molecule has 2 saturated heterocycles. The molecule has 2 aliphatic heterocycles. The molecule has 0 spiro atoms. The zero-order valence-electron chi connectivity index (χ0n) is 16.6. The molecule has 3 N–H and O–H groups in total. The fraction of sp³-hybridized carbons (Fsp3) is 0.700. The maximum atomic E-state index is 13.0. The van der Waals surface area contributed by atoms with E-state index in [4.69, 9.17) is 4.74 Å². The smallest absolute Gasteiger partial charge is 0.310 e. The van der Waals surface area contributed by atoms with E-state index in [-0.39, 0.29) is 23.7 Å². The zero-order valence-corrected chi connectivity index (χ0v) is 16.6. The SMILES string of the molecule is CCn1cc(NC(=O)[C@@H]2[C@@H](C(=O)O)[C@@H]3CC[C@H]2O3)c(C(=O)NC2CCCCC2)n1. The van der Waals surface area contributed by atoms with E-state index in [9.17, 15) is 19.5 Å². The van der Waals surface area contributed by atoms with Crippen molar-refractivity contribution in [2.45, 2.75) is 76.7 Å². The molecular weight excluding hydrogens is 376 g/mol. The van der Waals surface area contributed by atoms with Crippen LogP contribution >= 0.6 is 0 Å². The summed E-state index contributed by atoms with van der Waals surface area (Å²) >= 11 is 0. The van der Waals surface area contributed by atoms with Crippen molar-refractivity contribution in [1.29, 1.82) is 0 Å². The third kappa shape index (κ3) is 3.88. The van der Waals surface area contributed by atoms with Crippen LogP contribution in [0.25, 0.3) is 0 Å². The largest absolute Gasteiger partial charge is 0.481 e. The number of hydrogen-bond donors (Lipinski definition) is 3. The van der Waals surface area contributed by atoms with Crippen LogP contribution in [0.15, 0.2) is 6.20 Å². The quantitative estimate of drug-likeness (QED) is 0.664. The molecule has 1 aliphatic carbocycles. The number of ether oxygens (including phenoxy) is 1.